The van der Waals surface area contributed by atoms with E-state index in [-0.39, 0.29) is 0 Å². The van der Waals surface area contributed by atoms with Gasteiger partial charge in [0.2, 0.25) is 0 Å². The van der Waals surface area contributed by atoms with Crippen LogP contribution in [0.2, 0.25) is 0 Å². The lowest BCUT2D eigenvalue weighted by Gasteiger charge is -2.18. The molecule has 0 heterocycles. The van der Waals surface area contributed by atoms with E-state index >= 15 is 0 Å². The Morgan fingerprint density at radius 2 is 2.28 bits per heavy atom. The first-order valence-corrected chi connectivity index (χ1v) is 6.64. The standard InChI is InChI=1S/C15H18NO2/c1-18-8-12-6-5-11-7-10-3-2-4-13(10)15(14(11)12)16-9-17/h7,12H,2-6,8H2,1H3,(H,16,17)/t12-/m0/s1. The van der Waals surface area contributed by atoms with Gasteiger partial charge in [0.25, 0.3) is 0 Å². The number of hydrogen-bond acceptors (Lipinski definition) is 2. The molecule has 3 nitrogen and oxygen atoms in total. The molecule has 3 heteroatoms. The van der Waals surface area contributed by atoms with Gasteiger partial charge in [0.15, 0.2) is 0 Å². The fraction of sp³-hybridized carbons (Fsp3) is 0.533. The first kappa shape index (κ1) is 11.7. The summed E-state index contributed by atoms with van der Waals surface area (Å²) < 4.78 is 5.31. The summed E-state index contributed by atoms with van der Waals surface area (Å²) in [6.45, 7) is 0.735. The van der Waals surface area contributed by atoms with Gasteiger partial charge in [-0.15, -0.1) is 0 Å². The zero-order chi connectivity index (χ0) is 12.5. The summed E-state index contributed by atoms with van der Waals surface area (Å²) in [5, 5.41) is 2.84. The summed E-state index contributed by atoms with van der Waals surface area (Å²) in [6.07, 6.45) is 7.51. The Morgan fingerprint density at radius 1 is 1.39 bits per heavy atom. The predicted molar refractivity (Wildman–Crippen MR) is 70.7 cm³/mol. The van der Waals surface area contributed by atoms with Gasteiger partial charge in [-0.2, -0.15) is 0 Å². The summed E-state index contributed by atoms with van der Waals surface area (Å²) in [7, 11) is 1.74. The predicted octanol–water partition coefficient (Wildman–Crippen LogP) is 2.33. The number of rotatable bonds is 4. The lowest BCUT2D eigenvalue weighted by Crippen LogP contribution is -2.09. The second-order valence-corrected chi connectivity index (χ2v) is 5.23. The van der Waals surface area contributed by atoms with Crippen molar-refractivity contribution in [2.24, 2.45) is 0 Å². The molecule has 0 saturated heterocycles. The molecule has 2 aliphatic rings. The fourth-order valence-corrected chi connectivity index (χ4v) is 3.53. The number of amides is 1. The van der Waals surface area contributed by atoms with E-state index in [1.54, 1.807) is 7.11 Å². The van der Waals surface area contributed by atoms with Crippen LogP contribution < -0.4 is 5.32 Å². The largest absolute Gasteiger partial charge is 0.384 e. The van der Waals surface area contributed by atoms with Crippen LogP contribution in [-0.4, -0.2) is 20.1 Å². The van der Waals surface area contributed by atoms with Crippen molar-refractivity contribution >= 4 is 12.1 Å². The molecular weight excluding hydrogens is 226 g/mol. The van der Waals surface area contributed by atoms with Crippen molar-refractivity contribution in [3.63, 3.8) is 0 Å². The number of hydrogen-bond donors (Lipinski definition) is 1. The second kappa shape index (κ2) is 4.73. The normalized spacial score (nSPS) is 20.6. The Labute approximate surface area is 108 Å². The monoisotopic (exact) mass is 244 g/mol. The van der Waals surface area contributed by atoms with Crippen molar-refractivity contribution in [3.05, 3.63) is 28.3 Å². The van der Waals surface area contributed by atoms with Crippen LogP contribution in [0.4, 0.5) is 5.69 Å². The molecule has 0 aromatic heterocycles. The molecule has 1 radical (unpaired) electrons. The SMILES string of the molecule is COC[C@@H]1CCc2cc3c(c(N[C]=O)c21)CCC3. The van der Waals surface area contributed by atoms with Crippen LogP contribution >= 0.6 is 0 Å². The minimum Gasteiger partial charge on any atom is -0.384 e. The van der Waals surface area contributed by atoms with Gasteiger partial charge in [-0.3, -0.25) is 4.79 Å². The van der Waals surface area contributed by atoms with Crippen LogP contribution in [0.15, 0.2) is 6.07 Å². The zero-order valence-corrected chi connectivity index (χ0v) is 10.7. The molecule has 1 aromatic carbocycles. The molecule has 3 rings (SSSR count). The van der Waals surface area contributed by atoms with Gasteiger partial charge in [0, 0.05) is 18.7 Å². The lowest BCUT2D eigenvalue weighted by molar-refractivity contribution is 0.179. The Morgan fingerprint density at radius 3 is 3.06 bits per heavy atom. The number of fused-ring (bicyclic) bond motifs is 2. The summed E-state index contributed by atoms with van der Waals surface area (Å²) in [5.41, 5.74) is 6.50. The smallest absolute Gasteiger partial charge is 0.314 e. The fourth-order valence-electron chi connectivity index (χ4n) is 3.53. The third kappa shape index (κ3) is 1.74. The molecule has 95 valence electrons. The maximum absolute atomic E-state index is 10.8. The molecule has 1 N–H and O–H groups in total. The molecular formula is C15H18NO2. The third-order valence-corrected chi connectivity index (χ3v) is 4.24. The molecule has 0 spiro atoms. The molecule has 18 heavy (non-hydrogen) atoms. The van der Waals surface area contributed by atoms with Crippen molar-refractivity contribution in [2.75, 3.05) is 19.0 Å². The van der Waals surface area contributed by atoms with E-state index in [9.17, 15) is 4.79 Å². The molecule has 2 aliphatic carbocycles. The van der Waals surface area contributed by atoms with Gasteiger partial charge in [0.05, 0.1) is 6.61 Å². The Hall–Kier alpha value is -1.35. The number of nitrogens with one attached hydrogen (secondary N) is 1. The molecule has 1 atom stereocenters. The Kier molecular flexibility index (Phi) is 3.08. The van der Waals surface area contributed by atoms with Gasteiger partial charge in [-0.1, -0.05) is 6.07 Å². The van der Waals surface area contributed by atoms with E-state index in [4.69, 9.17) is 4.74 Å². The maximum Gasteiger partial charge on any atom is 0.314 e. The highest BCUT2D eigenvalue weighted by atomic mass is 16.5. The van der Waals surface area contributed by atoms with Crippen molar-refractivity contribution in [2.45, 2.75) is 38.0 Å². The number of aryl methyl sites for hydroxylation is 2. The third-order valence-electron chi connectivity index (χ3n) is 4.24. The Bertz CT molecular complexity index is 482. The number of anilines is 1. The summed E-state index contributed by atoms with van der Waals surface area (Å²) in [4.78, 5) is 10.8. The van der Waals surface area contributed by atoms with E-state index in [2.05, 4.69) is 11.4 Å². The molecule has 1 amide bonds. The highest BCUT2D eigenvalue weighted by molar-refractivity contribution is 5.79. The summed E-state index contributed by atoms with van der Waals surface area (Å²) >= 11 is 0. The van der Waals surface area contributed by atoms with Gasteiger partial charge in [-0.05, 0) is 54.4 Å². The Balaban J connectivity index is 2.11. The zero-order valence-electron chi connectivity index (χ0n) is 10.7. The molecule has 0 saturated carbocycles. The van der Waals surface area contributed by atoms with E-state index in [1.807, 2.05) is 6.41 Å². The maximum atomic E-state index is 10.8. The second-order valence-electron chi connectivity index (χ2n) is 5.23. The highest BCUT2D eigenvalue weighted by Crippen LogP contribution is 2.43. The number of ether oxygens (including phenoxy) is 1. The molecule has 0 bridgehead atoms. The number of methoxy groups -OCH3 is 1. The molecule has 0 aliphatic heterocycles. The van der Waals surface area contributed by atoms with Crippen LogP contribution in [0.5, 0.6) is 0 Å². The molecule has 1 aromatic rings. The highest BCUT2D eigenvalue weighted by Gasteiger charge is 2.30. The van der Waals surface area contributed by atoms with Crippen molar-refractivity contribution in [1.29, 1.82) is 0 Å². The van der Waals surface area contributed by atoms with Crippen molar-refractivity contribution in [3.8, 4) is 0 Å². The van der Waals surface area contributed by atoms with E-state index in [1.165, 1.54) is 28.7 Å². The summed E-state index contributed by atoms with van der Waals surface area (Å²) in [5.74, 6) is 0.423. The van der Waals surface area contributed by atoms with E-state index in [0.717, 1.165) is 38.0 Å². The van der Waals surface area contributed by atoms with Crippen LogP contribution in [0.3, 0.4) is 0 Å². The van der Waals surface area contributed by atoms with Gasteiger partial charge in [0.1, 0.15) is 0 Å². The molecule has 0 fully saturated rings. The topological polar surface area (TPSA) is 38.3 Å². The van der Waals surface area contributed by atoms with Crippen LogP contribution in [0.1, 0.15) is 41.0 Å². The first-order valence-electron chi connectivity index (χ1n) is 6.64. The lowest BCUT2D eigenvalue weighted by atomic mass is 9.94. The van der Waals surface area contributed by atoms with Crippen LogP contribution in [-0.2, 0) is 28.8 Å². The summed E-state index contributed by atoms with van der Waals surface area (Å²) in [6, 6.07) is 2.35. The minimum absolute atomic E-state index is 0.423. The average molecular weight is 244 g/mol. The van der Waals surface area contributed by atoms with Crippen molar-refractivity contribution in [1.82, 2.24) is 0 Å². The quantitative estimate of drug-likeness (QED) is 0.825. The van der Waals surface area contributed by atoms with Crippen molar-refractivity contribution < 1.29 is 9.53 Å². The number of benzene rings is 1. The van der Waals surface area contributed by atoms with Crippen LogP contribution in [0, 0.1) is 0 Å². The van der Waals surface area contributed by atoms with Gasteiger partial charge < -0.3 is 10.1 Å². The minimum atomic E-state index is 0.423. The van der Waals surface area contributed by atoms with E-state index in [0.29, 0.717) is 5.92 Å². The van der Waals surface area contributed by atoms with E-state index < -0.39 is 0 Å². The van der Waals surface area contributed by atoms with Gasteiger partial charge >= 0.3 is 6.41 Å². The van der Waals surface area contributed by atoms with Crippen LogP contribution in [0.25, 0.3) is 0 Å². The van der Waals surface area contributed by atoms with Gasteiger partial charge in [-0.25, -0.2) is 0 Å². The number of carbonyl (C=O) groups excluding carboxylic acids is 1. The first-order chi connectivity index (χ1) is 8.85. The average Bonchev–Trinajstić information content (AvgIpc) is 2.97. The molecule has 0 unspecified atom stereocenters.